The molecule has 0 atom stereocenters. The summed E-state index contributed by atoms with van der Waals surface area (Å²) in [5.41, 5.74) is 4.95. The summed E-state index contributed by atoms with van der Waals surface area (Å²) in [6, 6.07) is 15.6. The van der Waals surface area contributed by atoms with Gasteiger partial charge < -0.3 is 35.0 Å². The number of para-hydroxylation sites is 1. The number of rotatable bonds is 10. The van der Waals surface area contributed by atoms with E-state index in [1.165, 1.54) is 0 Å². The fourth-order valence-corrected chi connectivity index (χ4v) is 4.13. The van der Waals surface area contributed by atoms with Gasteiger partial charge >= 0.3 is 7.12 Å². The smallest absolute Gasteiger partial charge is 0.427 e. The van der Waals surface area contributed by atoms with Gasteiger partial charge in [0, 0.05) is 61.7 Å². The van der Waals surface area contributed by atoms with E-state index in [1.54, 1.807) is 12.3 Å². The van der Waals surface area contributed by atoms with E-state index in [9.17, 15) is 14.8 Å². The van der Waals surface area contributed by atoms with Gasteiger partial charge in [-0.2, -0.15) is 0 Å². The van der Waals surface area contributed by atoms with Crippen LogP contribution in [-0.2, 0) is 11.8 Å². The Morgan fingerprint density at radius 2 is 1.86 bits per heavy atom. The predicted octanol–water partition coefficient (Wildman–Crippen LogP) is 2.79. The van der Waals surface area contributed by atoms with Crippen LogP contribution < -0.4 is 15.5 Å². The molecule has 0 saturated heterocycles. The molecule has 0 unspecified atom stereocenters. The average molecular weight is 501 g/mol. The zero-order valence-corrected chi connectivity index (χ0v) is 21.5. The SMILES string of the molecule is CN(C)CCN(C)c1ccc(Nc2nccc(-c3cn(C)c4ccccc34)n2)cc1NC(=O)CB(O)O. The summed E-state index contributed by atoms with van der Waals surface area (Å²) in [7, 11) is 6.23. The number of nitrogens with zero attached hydrogens (tertiary/aromatic N) is 5. The van der Waals surface area contributed by atoms with E-state index in [4.69, 9.17) is 4.98 Å². The van der Waals surface area contributed by atoms with Crippen molar-refractivity contribution in [3.8, 4) is 11.3 Å². The van der Waals surface area contributed by atoms with Crippen molar-refractivity contribution < 1.29 is 14.8 Å². The van der Waals surface area contributed by atoms with Gasteiger partial charge in [0.05, 0.1) is 23.4 Å². The Bertz CT molecular complexity index is 1390. The lowest BCUT2D eigenvalue weighted by atomic mass is 9.86. The molecule has 2 heterocycles. The van der Waals surface area contributed by atoms with Crippen LogP contribution in [0, 0.1) is 0 Å². The fraction of sp³-hybridized carbons (Fsp3) is 0.269. The van der Waals surface area contributed by atoms with E-state index in [2.05, 4.69) is 43.4 Å². The fourth-order valence-electron chi connectivity index (χ4n) is 4.13. The first-order valence-corrected chi connectivity index (χ1v) is 12.0. The lowest BCUT2D eigenvalue weighted by molar-refractivity contribution is -0.114. The van der Waals surface area contributed by atoms with Crippen LogP contribution in [0.1, 0.15) is 0 Å². The summed E-state index contributed by atoms with van der Waals surface area (Å²) in [6.45, 7) is 1.56. The van der Waals surface area contributed by atoms with E-state index in [-0.39, 0.29) is 0 Å². The van der Waals surface area contributed by atoms with Gasteiger partial charge in [0.15, 0.2) is 0 Å². The first-order valence-electron chi connectivity index (χ1n) is 12.0. The average Bonchev–Trinajstić information content (AvgIpc) is 3.19. The molecule has 0 radical (unpaired) electrons. The molecule has 2 aromatic heterocycles. The molecule has 4 N–H and O–H groups in total. The predicted molar refractivity (Wildman–Crippen MR) is 149 cm³/mol. The maximum Gasteiger partial charge on any atom is 0.461 e. The van der Waals surface area contributed by atoms with E-state index < -0.39 is 19.3 Å². The third-order valence-electron chi connectivity index (χ3n) is 6.02. The van der Waals surface area contributed by atoms with Crippen LogP contribution in [0.15, 0.2) is 60.9 Å². The summed E-state index contributed by atoms with van der Waals surface area (Å²) in [5.74, 6) is -0.0779. The normalized spacial score (nSPS) is 11.1. The second-order valence-corrected chi connectivity index (χ2v) is 9.25. The van der Waals surface area contributed by atoms with Gasteiger partial charge in [0.2, 0.25) is 11.9 Å². The lowest BCUT2D eigenvalue weighted by Crippen LogP contribution is -2.29. The summed E-state index contributed by atoms with van der Waals surface area (Å²) in [6.07, 6.45) is 3.34. The van der Waals surface area contributed by atoms with Crippen molar-refractivity contribution >= 4 is 46.9 Å². The zero-order chi connectivity index (χ0) is 26.5. The van der Waals surface area contributed by atoms with Crippen LogP contribution in [0.3, 0.4) is 0 Å². The molecule has 0 aliphatic rings. The minimum atomic E-state index is -1.72. The Morgan fingerprint density at radius 1 is 1.08 bits per heavy atom. The molecule has 4 aromatic rings. The number of amides is 1. The van der Waals surface area contributed by atoms with E-state index in [0.29, 0.717) is 17.3 Å². The van der Waals surface area contributed by atoms with Crippen molar-refractivity contribution in [3.63, 3.8) is 0 Å². The monoisotopic (exact) mass is 501 g/mol. The van der Waals surface area contributed by atoms with Crippen molar-refractivity contribution in [2.75, 3.05) is 49.8 Å². The zero-order valence-electron chi connectivity index (χ0n) is 21.5. The van der Waals surface area contributed by atoms with E-state index >= 15 is 0 Å². The Hall–Kier alpha value is -3.93. The van der Waals surface area contributed by atoms with Gasteiger partial charge in [-0.1, -0.05) is 18.2 Å². The van der Waals surface area contributed by atoms with Crippen LogP contribution in [0.25, 0.3) is 22.2 Å². The number of anilines is 4. The quantitative estimate of drug-likeness (QED) is 0.245. The van der Waals surface area contributed by atoms with Crippen LogP contribution in [0.5, 0.6) is 0 Å². The molecular weight excluding hydrogens is 469 g/mol. The lowest BCUT2D eigenvalue weighted by Gasteiger charge is -2.25. The number of hydrogen-bond acceptors (Lipinski definition) is 8. The molecule has 0 fully saturated rings. The number of hydrogen-bond donors (Lipinski definition) is 4. The summed E-state index contributed by atoms with van der Waals surface area (Å²) in [5, 5.41) is 25.6. The highest BCUT2D eigenvalue weighted by Gasteiger charge is 2.17. The Labute approximate surface area is 216 Å². The molecule has 4 rings (SSSR count). The maximum atomic E-state index is 12.3. The molecule has 0 aliphatic heterocycles. The number of benzene rings is 2. The number of nitrogens with one attached hydrogen (secondary N) is 2. The molecular formula is C26H32BN7O3. The second kappa shape index (κ2) is 11.4. The number of likely N-dealkylation sites (N-methyl/N-ethyl adjacent to an activating group) is 2. The van der Waals surface area contributed by atoms with Crippen LogP contribution in [-0.4, -0.2) is 76.7 Å². The van der Waals surface area contributed by atoms with Gasteiger partial charge in [0.1, 0.15) is 0 Å². The van der Waals surface area contributed by atoms with Crippen LogP contribution in [0.2, 0.25) is 6.32 Å². The van der Waals surface area contributed by atoms with Crippen molar-refractivity contribution in [2.45, 2.75) is 6.32 Å². The number of carbonyl (C=O) groups excluding carboxylic acids is 1. The molecule has 1 amide bonds. The highest BCUT2D eigenvalue weighted by molar-refractivity contribution is 6.47. The standard InChI is InChI=1S/C26H32BN7O3/c1-32(2)13-14-33(3)24-10-9-18(15-22(24)30-25(35)16-27(36)37)29-26-28-12-11-21(31-26)20-17-34(4)23-8-6-5-7-19(20)23/h5-12,15,17,36-37H,13-14,16H2,1-4H3,(H,30,35)(H,28,29,31). The summed E-state index contributed by atoms with van der Waals surface area (Å²) >= 11 is 0. The Morgan fingerprint density at radius 3 is 2.62 bits per heavy atom. The molecule has 0 bridgehead atoms. The third kappa shape index (κ3) is 6.45. The molecule has 0 aliphatic carbocycles. The molecule has 37 heavy (non-hydrogen) atoms. The molecule has 0 saturated carbocycles. The van der Waals surface area contributed by atoms with E-state index in [0.717, 1.165) is 40.9 Å². The van der Waals surface area contributed by atoms with Gasteiger partial charge in [-0.3, -0.25) is 4.79 Å². The second-order valence-electron chi connectivity index (χ2n) is 9.25. The van der Waals surface area contributed by atoms with Gasteiger partial charge in [-0.25, -0.2) is 9.97 Å². The van der Waals surface area contributed by atoms with Gasteiger partial charge in [0.25, 0.3) is 0 Å². The Kier molecular flexibility index (Phi) is 8.07. The van der Waals surface area contributed by atoms with Crippen LogP contribution >= 0.6 is 0 Å². The molecule has 2 aromatic carbocycles. The minimum Gasteiger partial charge on any atom is -0.427 e. The largest absolute Gasteiger partial charge is 0.461 e. The molecule has 0 spiro atoms. The topological polar surface area (TPSA) is 119 Å². The van der Waals surface area contributed by atoms with Crippen LogP contribution in [0.4, 0.5) is 23.0 Å². The van der Waals surface area contributed by atoms with Crippen molar-refractivity contribution in [2.24, 2.45) is 7.05 Å². The summed E-state index contributed by atoms with van der Waals surface area (Å²) < 4.78 is 2.07. The van der Waals surface area contributed by atoms with Crippen molar-refractivity contribution in [1.29, 1.82) is 0 Å². The first-order chi connectivity index (χ1) is 17.7. The van der Waals surface area contributed by atoms with Crippen molar-refractivity contribution in [1.82, 2.24) is 19.4 Å². The number of aromatic nitrogens is 3. The molecule has 11 heteroatoms. The molecule has 10 nitrogen and oxygen atoms in total. The Balaban J connectivity index is 1.62. The van der Waals surface area contributed by atoms with Gasteiger partial charge in [-0.15, -0.1) is 0 Å². The third-order valence-corrected chi connectivity index (χ3v) is 6.02. The van der Waals surface area contributed by atoms with Crippen molar-refractivity contribution in [3.05, 3.63) is 60.9 Å². The maximum absolute atomic E-state index is 12.3. The van der Waals surface area contributed by atoms with Gasteiger partial charge in [-0.05, 0) is 44.4 Å². The number of fused-ring (bicyclic) bond motifs is 1. The minimum absolute atomic E-state index is 0.419. The first kappa shape index (κ1) is 26.1. The number of carbonyl (C=O) groups is 1. The van der Waals surface area contributed by atoms with E-state index in [1.807, 2.05) is 63.4 Å². The summed E-state index contributed by atoms with van der Waals surface area (Å²) in [4.78, 5) is 25.6. The molecule has 192 valence electrons. The highest BCUT2D eigenvalue weighted by Crippen LogP contribution is 2.32. The number of aryl methyl sites for hydroxylation is 1. The highest BCUT2D eigenvalue weighted by atomic mass is 16.4.